The van der Waals surface area contributed by atoms with Crippen LogP contribution in [0, 0.1) is 11.8 Å². The lowest BCUT2D eigenvalue weighted by atomic mass is 9.85. The molecule has 1 unspecified atom stereocenters. The number of amides is 1. The molecule has 21 heavy (non-hydrogen) atoms. The number of carbonyl (C=O) groups is 1. The minimum absolute atomic E-state index is 0.273. The summed E-state index contributed by atoms with van der Waals surface area (Å²) in [6, 6.07) is 8.07. The smallest absolute Gasteiger partial charge is 0.223 e. The summed E-state index contributed by atoms with van der Waals surface area (Å²) in [6.45, 7) is 3.96. The van der Waals surface area contributed by atoms with Crippen molar-refractivity contribution in [2.45, 2.75) is 32.2 Å². The monoisotopic (exact) mass is 306 g/mol. The van der Waals surface area contributed by atoms with Gasteiger partial charge in [-0.25, -0.2) is 0 Å². The van der Waals surface area contributed by atoms with Crippen molar-refractivity contribution < 1.29 is 4.79 Å². The number of nitrogens with zero attached hydrogens (tertiary/aromatic N) is 1. The molecule has 2 fully saturated rings. The first-order valence-corrected chi connectivity index (χ1v) is 8.33. The predicted molar refractivity (Wildman–Crippen MR) is 85.2 cm³/mol. The molecule has 0 bridgehead atoms. The van der Waals surface area contributed by atoms with Crippen LogP contribution in [0.3, 0.4) is 0 Å². The third-order valence-corrected chi connectivity index (χ3v) is 4.94. The molecule has 3 rings (SSSR count). The molecule has 1 aliphatic carbocycles. The van der Waals surface area contributed by atoms with Crippen LogP contribution in [0.1, 0.15) is 31.2 Å². The maximum atomic E-state index is 11.9. The Labute approximate surface area is 131 Å². The highest BCUT2D eigenvalue weighted by molar-refractivity contribution is 6.30. The van der Waals surface area contributed by atoms with Gasteiger partial charge in [0.25, 0.3) is 0 Å². The summed E-state index contributed by atoms with van der Waals surface area (Å²) in [5.74, 6) is 1.16. The summed E-state index contributed by atoms with van der Waals surface area (Å²) >= 11 is 6.03. The van der Waals surface area contributed by atoms with E-state index < -0.39 is 0 Å². The predicted octanol–water partition coefficient (Wildman–Crippen LogP) is 3.08. The Hall–Kier alpha value is -1.06. The standard InChI is InChI=1S/C17H23ClN2O/c18-16-6-1-3-13(9-16)11-20-8-7-14(12-20)10-19-17(21)15-4-2-5-15/h1,3,6,9,14-15H,2,4-5,7-8,10-12H2,(H,19,21). The van der Waals surface area contributed by atoms with Gasteiger partial charge in [-0.1, -0.05) is 30.2 Å². The summed E-state index contributed by atoms with van der Waals surface area (Å²) in [7, 11) is 0. The second-order valence-corrected chi connectivity index (χ2v) is 6.83. The highest BCUT2D eigenvalue weighted by atomic mass is 35.5. The lowest BCUT2D eigenvalue weighted by Crippen LogP contribution is -2.37. The molecule has 1 aromatic rings. The molecule has 0 spiro atoms. The maximum Gasteiger partial charge on any atom is 0.223 e. The number of rotatable bonds is 5. The van der Waals surface area contributed by atoms with E-state index in [0.29, 0.717) is 11.8 Å². The number of benzene rings is 1. The number of hydrogen-bond acceptors (Lipinski definition) is 2. The molecule has 1 aliphatic heterocycles. The Morgan fingerprint density at radius 2 is 2.19 bits per heavy atom. The van der Waals surface area contributed by atoms with Crippen molar-refractivity contribution in [1.29, 1.82) is 0 Å². The zero-order chi connectivity index (χ0) is 14.7. The minimum Gasteiger partial charge on any atom is -0.356 e. The van der Waals surface area contributed by atoms with Crippen LogP contribution in [0.25, 0.3) is 0 Å². The Morgan fingerprint density at radius 1 is 1.33 bits per heavy atom. The molecule has 1 atom stereocenters. The number of carbonyl (C=O) groups excluding carboxylic acids is 1. The zero-order valence-corrected chi connectivity index (χ0v) is 13.1. The fourth-order valence-electron chi connectivity index (χ4n) is 3.18. The maximum absolute atomic E-state index is 11.9. The Balaban J connectivity index is 1.41. The number of halogens is 1. The van der Waals surface area contributed by atoms with Gasteiger partial charge in [-0.3, -0.25) is 9.69 Å². The van der Waals surface area contributed by atoms with Crippen LogP contribution in [0.4, 0.5) is 0 Å². The average Bonchev–Trinajstić information content (AvgIpc) is 2.82. The molecule has 114 valence electrons. The second-order valence-electron chi connectivity index (χ2n) is 6.39. The van der Waals surface area contributed by atoms with Crippen molar-refractivity contribution in [2.75, 3.05) is 19.6 Å². The number of nitrogens with one attached hydrogen (secondary N) is 1. The van der Waals surface area contributed by atoms with Crippen molar-refractivity contribution in [2.24, 2.45) is 11.8 Å². The summed E-state index contributed by atoms with van der Waals surface area (Å²) in [4.78, 5) is 14.3. The molecule has 2 aliphatic rings. The molecular weight excluding hydrogens is 284 g/mol. The minimum atomic E-state index is 0.273. The summed E-state index contributed by atoms with van der Waals surface area (Å²) in [5, 5.41) is 3.94. The van der Waals surface area contributed by atoms with Crippen molar-refractivity contribution in [1.82, 2.24) is 10.2 Å². The van der Waals surface area contributed by atoms with E-state index in [2.05, 4.69) is 16.3 Å². The number of hydrogen-bond donors (Lipinski definition) is 1. The lowest BCUT2D eigenvalue weighted by molar-refractivity contribution is -0.127. The van der Waals surface area contributed by atoms with E-state index in [9.17, 15) is 4.79 Å². The average molecular weight is 307 g/mol. The topological polar surface area (TPSA) is 32.3 Å². The van der Waals surface area contributed by atoms with E-state index in [-0.39, 0.29) is 5.91 Å². The van der Waals surface area contributed by atoms with Gasteiger partial charge >= 0.3 is 0 Å². The lowest BCUT2D eigenvalue weighted by Gasteiger charge is -2.25. The Morgan fingerprint density at radius 3 is 2.90 bits per heavy atom. The molecule has 1 saturated carbocycles. The Kier molecular flexibility index (Phi) is 4.81. The fraction of sp³-hybridized carbons (Fsp3) is 0.588. The molecule has 1 aromatic carbocycles. The van der Waals surface area contributed by atoms with Crippen LogP contribution in [-0.4, -0.2) is 30.4 Å². The van der Waals surface area contributed by atoms with E-state index in [1.807, 2.05) is 18.2 Å². The third-order valence-electron chi connectivity index (χ3n) is 4.71. The zero-order valence-electron chi connectivity index (χ0n) is 12.4. The molecule has 0 aromatic heterocycles. The second kappa shape index (κ2) is 6.80. The van der Waals surface area contributed by atoms with E-state index in [4.69, 9.17) is 11.6 Å². The fourth-order valence-corrected chi connectivity index (χ4v) is 3.39. The van der Waals surface area contributed by atoms with Crippen LogP contribution in [0.5, 0.6) is 0 Å². The first-order valence-electron chi connectivity index (χ1n) is 7.95. The van der Waals surface area contributed by atoms with Crippen molar-refractivity contribution >= 4 is 17.5 Å². The van der Waals surface area contributed by atoms with Crippen molar-refractivity contribution in [3.05, 3.63) is 34.9 Å². The van der Waals surface area contributed by atoms with Gasteiger partial charge in [0.05, 0.1) is 0 Å². The van der Waals surface area contributed by atoms with E-state index in [0.717, 1.165) is 44.0 Å². The molecular formula is C17H23ClN2O. The van der Waals surface area contributed by atoms with Crippen molar-refractivity contribution in [3.63, 3.8) is 0 Å². The molecule has 1 heterocycles. The molecule has 1 N–H and O–H groups in total. The van der Waals surface area contributed by atoms with Gasteiger partial charge in [-0.15, -0.1) is 0 Å². The molecule has 0 radical (unpaired) electrons. The summed E-state index contributed by atoms with van der Waals surface area (Å²) in [5.41, 5.74) is 1.27. The Bertz CT molecular complexity index is 501. The largest absolute Gasteiger partial charge is 0.356 e. The molecule has 3 nitrogen and oxygen atoms in total. The van der Waals surface area contributed by atoms with Crippen LogP contribution in [-0.2, 0) is 11.3 Å². The van der Waals surface area contributed by atoms with E-state index in [1.165, 1.54) is 18.4 Å². The third kappa shape index (κ3) is 3.98. The van der Waals surface area contributed by atoms with Gasteiger partial charge in [0.1, 0.15) is 0 Å². The normalized spacial score (nSPS) is 23.0. The van der Waals surface area contributed by atoms with Crippen LogP contribution in [0.2, 0.25) is 5.02 Å². The van der Waals surface area contributed by atoms with Gasteiger partial charge in [0.2, 0.25) is 5.91 Å². The first kappa shape index (κ1) is 14.9. The van der Waals surface area contributed by atoms with Crippen LogP contribution >= 0.6 is 11.6 Å². The molecule has 1 saturated heterocycles. The molecule has 4 heteroatoms. The van der Waals surface area contributed by atoms with Gasteiger partial charge in [0.15, 0.2) is 0 Å². The van der Waals surface area contributed by atoms with Crippen molar-refractivity contribution in [3.8, 4) is 0 Å². The first-order chi connectivity index (χ1) is 10.2. The summed E-state index contributed by atoms with van der Waals surface area (Å²) in [6.07, 6.45) is 4.55. The van der Waals surface area contributed by atoms with Gasteiger partial charge in [0, 0.05) is 30.6 Å². The van der Waals surface area contributed by atoms with Crippen LogP contribution in [0.15, 0.2) is 24.3 Å². The highest BCUT2D eigenvalue weighted by Gasteiger charge is 2.27. The van der Waals surface area contributed by atoms with Gasteiger partial charge in [-0.05, 0) is 49.4 Å². The van der Waals surface area contributed by atoms with Gasteiger partial charge in [-0.2, -0.15) is 0 Å². The van der Waals surface area contributed by atoms with E-state index in [1.54, 1.807) is 0 Å². The quantitative estimate of drug-likeness (QED) is 0.906. The van der Waals surface area contributed by atoms with Gasteiger partial charge < -0.3 is 5.32 Å². The number of likely N-dealkylation sites (tertiary alicyclic amines) is 1. The highest BCUT2D eigenvalue weighted by Crippen LogP contribution is 2.26. The summed E-state index contributed by atoms with van der Waals surface area (Å²) < 4.78 is 0. The molecule has 1 amide bonds. The van der Waals surface area contributed by atoms with Crippen LogP contribution < -0.4 is 5.32 Å². The SMILES string of the molecule is O=C(NCC1CCN(Cc2cccc(Cl)c2)C1)C1CCC1. The van der Waals surface area contributed by atoms with E-state index >= 15 is 0 Å².